The second kappa shape index (κ2) is 7.75. The monoisotopic (exact) mass is 341 g/mol. The molecule has 1 N–H and O–H groups in total. The lowest BCUT2D eigenvalue weighted by atomic mass is 10.1. The van der Waals surface area contributed by atoms with Gasteiger partial charge in [-0.05, 0) is 24.1 Å². The molecule has 1 amide bonds. The van der Waals surface area contributed by atoms with E-state index in [9.17, 15) is 4.79 Å². The van der Waals surface area contributed by atoms with E-state index in [4.69, 9.17) is 16.1 Å². The van der Waals surface area contributed by atoms with Crippen molar-refractivity contribution in [1.29, 1.82) is 0 Å². The van der Waals surface area contributed by atoms with Crippen LogP contribution in [-0.4, -0.2) is 16.0 Å². The van der Waals surface area contributed by atoms with Crippen molar-refractivity contribution in [3.63, 3.8) is 0 Å². The minimum atomic E-state index is -0.0543. The Hall–Kier alpha value is -2.66. The van der Waals surface area contributed by atoms with Crippen LogP contribution in [0.2, 0.25) is 5.02 Å². The van der Waals surface area contributed by atoms with Crippen LogP contribution in [0.25, 0.3) is 11.4 Å². The number of aromatic nitrogens is 2. The first-order valence-electron chi connectivity index (χ1n) is 7.60. The average molecular weight is 342 g/mol. The van der Waals surface area contributed by atoms with Gasteiger partial charge in [-0.2, -0.15) is 4.98 Å². The third-order valence-corrected chi connectivity index (χ3v) is 3.71. The van der Waals surface area contributed by atoms with Gasteiger partial charge in [0.1, 0.15) is 0 Å². The first-order chi connectivity index (χ1) is 11.7. The van der Waals surface area contributed by atoms with Crippen molar-refractivity contribution in [2.75, 3.05) is 0 Å². The number of aryl methyl sites for hydroxylation is 1. The Balaban J connectivity index is 1.51. The van der Waals surface area contributed by atoms with Gasteiger partial charge in [-0.3, -0.25) is 4.79 Å². The lowest BCUT2D eigenvalue weighted by molar-refractivity contribution is -0.121. The summed E-state index contributed by atoms with van der Waals surface area (Å²) in [5.74, 6) is 0.755. The van der Waals surface area contributed by atoms with Crippen molar-refractivity contribution >= 4 is 17.5 Å². The number of carbonyl (C=O) groups excluding carboxylic acids is 1. The highest BCUT2D eigenvalue weighted by atomic mass is 35.5. The summed E-state index contributed by atoms with van der Waals surface area (Å²) in [4.78, 5) is 16.2. The number of hydrogen-bond acceptors (Lipinski definition) is 4. The fourth-order valence-electron chi connectivity index (χ4n) is 2.24. The number of nitrogens with zero attached hydrogens (tertiary/aromatic N) is 2. The van der Waals surface area contributed by atoms with E-state index in [0.29, 0.717) is 29.6 Å². The molecule has 0 bridgehead atoms. The van der Waals surface area contributed by atoms with E-state index in [1.165, 1.54) is 0 Å². The number of halogens is 1. The van der Waals surface area contributed by atoms with Crippen LogP contribution in [0.1, 0.15) is 17.9 Å². The summed E-state index contributed by atoms with van der Waals surface area (Å²) in [6.45, 7) is 0.210. The van der Waals surface area contributed by atoms with E-state index in [0.717, 1.165) is 11.1 Å². The highest BCUT2D eigenvalue weighted by molar-refractivity contribution is 6.30. The molecule has 0 aliphatic rings. The number of amides is 1. The zero-order chi connectivity index (χ0) is 16.8. The third kappa shape index (κ3) is 4.43. The molecule has 1 aromatic heterocycles. The molecule has 6 heteroatoms. The fraction of sp³-hybridized carbons (Fsp3) is 0.167. The molecule has 24 heavy (non-hydrogen) atoms. The molecule has 3 aromatic rings. The van der Waals surface area contributed by atoms with Gasteiger partial charge in [-0.1, -0.05) is 59.2 Å². The topological polar surface area (TPSA) is 68.0 Å². The molecule has 0 fully saturated rings. The molecule has 3 rings (SSSR count). The lowest BCUT2D eigenvalue weighted by Gasteiger charge is -2.02. The summed E-state index contributed by atoms with van der Waals surface area (Å²) in [7, 11) is 0. The fourth-order valence-corrected chi connectivity index (χ4v) is 2.43. The molecular weight excluding hydrogens is 326 g/mol. The standard InChI is InChI=1S/C18H16ClN3O2/c19-15-8-4-7-14(11-15)18-21-17(24-22-18)12-20-16(23)10-9-13-5-2-1-3-6-13/h1-8,11H,9-10,12H2,(H,20,23). The maximum Gasteiger partial charge on any atom is 0.246 e. The second-order valence-corrected chi connectivity index (χ2v) is 5.72. The Bertz CT molecular complexity index is 818. The highest BCUT2D eigenvalue weighted by Gasteiger charge is 2.10. The molecular formula is C18H16ClN3O2. The van der Waals surface area contributed by atoms with Crippen molar-refractivity contribution < 1.29 is 9.32 Å². The van der Waals surface area contributed by atoms with Gasteiger partial charge in [0.05, 0.1) is 6.54 Å². The zero-order valence-electron chi connectivity index (χ0n) is 12.9. The van der Waals surface area contributed by atoms with Crippen LogP contribution < -0.4 is 5.32 Å². The van der Waals surface area contributed by atoms with E-state index < -0.39 is 0 Å². The normalized spacial score (nSPS) is 10.5. The Labute approximate surface area is 144 Å². The van der Waals surface area contributed by atoms with Gasteiger partial charge in [0.2, 0.25) is 17.6 Å². The zero-order valence-corrected chi connectivity index (χ0v) is 13.7. The van der Waals surface area contributed by atoms with Gasteiger partial charge in [0, 0.05) is 17.0 Å². The van der Waals surface area contributed by atoms with Gasteiger partial charge < -0.3 is 9.84 Å². The Kier molecular flexibility index (Phi) is 5.23. The minimum Gasteiger partial charge on any atom is -0.347 e. The van der Waals surface area contributed by atoms with Crippen LogP contribution in [0.15, 0.2) is 59.1 Å². The van der Waals surface area contributed by atoms with Crippen molar-refractivity contribution in [3.8, 4) is 11.4 Å². The average Bonchev–Trinajstić information content (AvgIpc) is 3.08. The number of hydrogen-bond donors (Lipinski definition) is 1. The molecule has 0 radical (unpaired) electrons. The van der Waals surface area contributed by atoms with Crippen LogP contribution in [0, 0.1) is 0 Å². The summed E-state index contributed by atoms with van der Waals surface area (Å²) in [5, 5.41) is 7.29. The molecule has 0 saturated carbocycles. The van der Waals surface area contributed by atoms with Gasteiger partial charge in [-0.15, -0.1) is 0 Å². The summed E-state index contributed by atoms with van der Waals surface area (Å²) >= 11 is 5.95. The molecule has 122 valence electrons. The van der Waals surface area contributed by atoms with E-state index in [2.05, 4.69) is 15.5 Å². The first-order valence-corrected chi connectivity index (χ1v) is 7.97. The maximum atomic E-state index is 11.9. The van der Waals surface area contributed by atoms with Crippen LogP contribution in [-0.2, 0) is 17.8 Å². The smallest absolute Gasteiger partial charge is 0.246 e. The van der Waals surface area contributed by atoms with Gasteiger partial charge >= 0.3 is 0 Å². The maximum absolute atomic E-state index is 11.9. The Morgan fingerprint density at radius 2 is 1.96 bits per heavy atom. The van der Waals surface area contributed by atoms with Crippen molar-refractivity contribution in [1.82, 2.24) is 15.5 Å². The number of benzene rings is 2. The molecule has 0 aliphatic heterocycles. The van der Waals surface area contributed by atoms with Crippen LogP contribution in [0.5, 0.6) is 0 Å². The molecule has 2 aromatic carbocycles. The predicted molar refractivity (Wildman–Crippen MR) is 91.4 cm³/mol. The Morgan fingerprint density at radius 3 is 2.75 bits per heavy atom. The van der Waals surface area contributed by atoms with Gasteiger partial charge in [0.15, 0.2) is 0 Å². The SMILES string of the molecule is O=C(CCc1ccccc1)NCc1nc(-c2cccc(Cl)c2)no1. The third-order valence-electron chi connectivity index (χ3n) is 3.47. The molecule has 0 spiro atoms. The molecule has 1 heterocycles. The van der Waals surface area contributed by atoms with E-state index in [1.54, 1.807) is 12.1 Å². The van der Waals surface area contributed by atoms with Crippen LogP contribution in [0.3, 0.4) is 0 Å². The summed E-state index contributed by atoms with van der Waals surface area (Å²) < 4.78 is 5.15. The van der Waals surface area contributed by atoms with E-state index in [1.807, 2.05) is 42.5 Å². The van der Waals surface area contributed by atoms with E-state index in [-0.39, 0.29) is 12.5 Å². The van der Waals surface area contributed by atoms with Gasteiger partial charge in [0.25, 0.3) is 0 Å². The lowest BCUT2D eigenvalue weighted by Crippen LogP contribution is -2.23. The molecule has 0 saturated heterocycles. The van der Waals surface area contributed by atoms with E-state index >= 15 is 0 Å². The molecule has 5 nitrogen and oxygen atoms in total. The van der Waals surface area contributed by atoms with Crippen LogP contribution in [0.4, 0.5) is 0 Å². The Morgan fingerprint density at radius 1 is 1.12 bits per heavy atom. The summed E-state index contributed by atoms with van der Waals surface area (Å²) in [6, 6.07) is 17.1. The van der Waals surface area contributed by atoms with Crippen molar-refractivity contribution in [3.05, 3.63) is 71.1 Å². The molecule has 0 aliphatic carbocycles. The number of rotatable bonds is 6. The number of nitrogens with one attached hydrogen (secondary N) is 1. The molecule has 0 atom stereocenters. The van der Waals surface area contributed by atoms with Gasteiger partial charge in [-0.25, -0.2) is 0 Å². The summed E-state index contributed by atoms with van der Waals surface area (Å²) in [5.41, 5.74) is 1.90. The highest BCUT2D eigenvalue weighted by Crippen LogP contribution is 2.19. The van der Waals surface area contributed by atoms with Crippen molar-refractivity contribution in [2.45, 2.75) is 19.4 Å². The predicted octanol–water partition coefficient (Wildman–Crippen LogP) is 3.64. The quantitative estimate of drug-likeness (QED) is 0.743. The largest absolute Gasteiger partial charge is 0.347 e. The number of carbonyl (C=O) groups is 1. The minimum absolute atomic E-state index is 0.0543. The summed E-state index contributed by atoms with van der Waals surface area (Å²) in [6.07, 6.45) is 1.11. The molecule has 0 unspecified atom stereocenters. The van der Waals surface area contributed by atoms with Crippen LogP contribution >= 0.6 is 11.6 Å². The second-order valence-electron chi connectivity index (χ2n) is 5.28. The first kappa shape index (κ1) is 16.2. The van der Waals surface area contributed by atoms with Crippen molar-refractivity contribution in [2.24, 2.45) is 0 Å².